The molecule has 4 nitrogen and oxygen atoms in total. The van der Waals surface area contributed by atoms with E-state index in [0.29, 0.717) is 19.3 Å². The average Bonchev–Trinajstić information content (AvgIpc) is 2.85. The van der Waals surface area contributed by atoms with Crippen molar-refractivity contribution < 1.29 is 13.2 Å². The highest BCUT2D eigenvalue weighted by Crippen LogP contribution is 2.45. The Morgan fingerprint density at radius 3 is 2.55 bits per heavy atom. The van der Waals surface area contributed by atoms with E-state index in [1.807, 2.05) is 13.0 Å². The number of allylic oxidation sites excluding steroid dienone is 1. The van der Waals surface area contributed by atoms with E-state index in [0.717, 1.165) is 12.0 Å². The number of benzene rings is 1. The van der Waals surface area contributed by atoms with Gasteiger partial charge in [0, 0.05) is 17.4 Å². The highest BCUT2D eigenvalue weighted by Gasteiger charge is 2.55. The monoisotopic (exact) mass is 383 g/mol. The molecular weight excluding hydrogens is 366 g/mol. The van der Waals surface area contributed by atoms with Gasteiger partial charge in [0.15, 0.2) is 5.78 Å². The number of Topliss-reactive ketones (excluding diaryl/α,β-unsaturated/α-hetero) is 1. The van der Waals surface area contributed by atoms with Gasteiger partial charge in [-0.05, 0) is 38.3 Å². The lowest BCUT2D eigenvalue weighted by atomic mass is 9.88. The number of hydrogen-bond donors (Lipinski definition) is 0. The molecule has 1 heterocycles. The second-order valence-electron chi connectivity index (χ2n) is 5.90. The van der Waals surface area contributed by atoms with Crippen LogP contribution in [0.5, 0.6) is 0 Å². The fourth-order valence-electron chi connectivity index (χ4n) is 3.30. The Kier molecular flexibility index (Phi) is 3.93. The Morgan fingerprint density at radius 2 is 1.95 bits per heavy atom. The van der Waals surface area contributed by atoms with Gasteiger partial charge in [0.1, 0.15) is 5.54 Å². The van der Waals surface area contributed by atoms with Crippen LogP contribution in [0, 0.1) is 6.92 Å². The number of carbonyl (C=O) groups excluding carboxylic acids is 1. The van der Waals surface area contributed by atoms with Crippen LogP contribution in [0.4, 0.5) is 0 Å². The Bertz CT molecular complexity index is 726. The topological polar surface area (TPSA) is 54.5 Å². The van der Waals surface area contributed by atoms with E-state index in [-0.39, 0.29) is 15.5 Å². The molecule has 2 atom stereocenters. The Labute approximate surface area is 139 Å². The zero-order chi connectivity index (χ0) is 16.0. The molecule has 0 unspecified atom stereocenters. The Hall–Kier alpha value is -1.14. The predicted molar refractivity (Wildman–Crippen MR) is 88.3 cm³/mol. The van der Waals surface area contributed by atoms with Crippen LogP contribution in [-0.4, -0.2) is 28.9 Å². The molecule has 0 amide bonds. The van der Waals surface area contributed by atoms with Gasteiger partial charge in [0.25, 0.3) is 10.0 Å². The third-order valence-corrected chi connectivity index (χ3v) is 7.48. The molecule has 1 aliphatic heterocycles. The molecule has 6 heteroatoms. The maximum Gasteiger partial charge on any atom is 0.264 e. The van der Waals surface area contributed by atoms with Crippen molar-refractivity contribution >= 4 is 31.7 Å². The molecule has 0 N–H and O–H groups in total. The first-order chi connectivity index (χ1) is 10.4. The predicted octanol–water partition coefficient (Wildman–Crippen LogP) is 3.16. The van der Waals surface area contributed by atoms with Crippen LogP contribution in [0.1, 0.15) is 31.2 Å². The van der Waals surface area contributed by atoms with Crippen LogP contribution in [0.15, 0.2) is 41.4 Å². The number of aryl methyl sites for hydroxylation is 1. The molecule has 1 spiro atoms. The summed E-state index contributed by atoms with van der Waals surface area (Å²) in [6.07, 6.45) is 5.77. The van der Waals surface area contributed by atoms with Crippen LogP contribution in [-0.2, 0) is 14.8 Å². The molecule has 0 saturated heterocycles. The summed E-state index contributed by atoms with van der Waals surface area (Å²) >= 11 is 3.55. The van der Waals surface area contributed by atoms with Gasteiger partial charge in [-0.2, -0.15) is 0 Å². The number of hydrogen-bond acceptors (Lipinski definition) is 3. The molecule has 1 aromatic rings. The maximum atomic E-state index is 13.1. The third kappa shape index (κ3) is 2.24. The van der Waals surface area contributed by atoms with Gasteiger partial charge in [-0.25, -0.2) is 8.42 Å². The summed E-state index contributed by atoms with van der Waals surface area (Å²) in [4.78, 5) is 12.6. The Balaban J connectivity index is 2.12. The van der Waals surface area contributed by atoms with Crippen molar-refractivity contribution in [3.05, 3.63) is 42.1 Å². The number of halogens is 1. The molecule has 1 fully saturated rings. The lowest BCUT2D eigenvalue weighted by molar-refractivity contribution is -0.124. The standard InChI is InChI=1S/C16H18BrNO3S/c1-12-6-8-13(9-7-12)22(20,21)18-11-3-4-14(17)16(18)10-2-5-15(16)19/h3,6-9,11,14H,2,4-5,10H2,1H3/t14-,16+/m0/s1. The molecule has 3 rings (SSSR count). The molecule has 1 aromatic carbocycles. The van der Waals surface area contributed by atoms with Crippen molar-refractivity contribution in [2.45, 2.75) is 47.9 Å². The van der Waals surface area contributed by atoms with Gasteiger partial charge < -0.3 is 0 Å². The minimum absolute atomic E-state index is 0.00871. The fourth-order valence-corrected chi connectivity index (χ4v) is 6.06. The number of alkyl halides is 1. The van der Waals surface area contributed by atoms with Crippen molar-refractivity contribution in [1.82, 2.24) is 4.31 Å². The molecule has 22 heavy (non-hydrogen) atoms. The molecular formula is C16H18BrNO3S. The fraction of sp³-hybridized carbons (Fsp3) is 0.438. The third-order valence-electron chi connectivity index (χ3n) is 4.52. The number of rotatable bonds is 2. The molecule has 2 aliphatic rings. The first kappa shape index (κ1) is 15.7. The van der Waals surface area contributed by atoms with Gasteiger partial charge in [-0.3, -0.25) is 9.10 Å². The molecule has 1 aliphatic carbocycles. The summed E-state index contributed by atoms with van der Waals surface area (Å²) in [6, 6.07) is 6.75. The normalized spacial score (nSPS) is 28.5. The highest BCUT2D eigenvalue weighted by atomic mass is 79.9. The second-order valence-corrected chi connectivity index (χ2v) is 8.82. The van der Waals surface area contributed by atoms with E-state index in [9.17, 15) is 13.2 Å². The van der Waals surface area contributed by atoms with Gasteiger partial charge in [0.2, 0.25) is 0 Å². The van der Waals surface area contributed by atoms with E-state index < -0.39 is 15.6 Å². The van der Waals surface area contributed by atoms with Crippen LogP contribution in [0.3, 0.4) is 0 Å². The van der Waals surface area contributed by atoms with Crippen LogP contribution < -0.4 is 0 Å². The molecule has 0 bridgehead atoms. The second kappa shape index (κ2) is 5.49. The minimum Gasteiger partial charge on any atom is -0.297 e. The van der Waals surface area contributed by atoms with Crippen molar-refractivity contribution in [3.8, 4) is 0 Å². The lowest BCUT2D eigenvalue weighted by Gasteiger charge is -2.43. The molecule has 0 radical (unpaired) electrons. The van der Waals surface area contributed by atoms with Crippen molar-refractivity contribution in [1.29, 1.82) is 0 Å². The van der Waals surface area contributed by atoms with E-state index in [1.54, 1.807) is 30.5 Å². The van der Waals surface area contributed by atoms with Crippen molar-refractivity contribution in [2.75, 3.05) is 0 Å². The minimum atomic E-state index is -3.74. The zero-order valence-corrected chi connectivity index (χ0v) is 14.7. The number of ketones is 1. The zero-order valence-electron chi connectivity index (χ0n) is 12.3. The van der Waals surface area contributed by atoms with E-state index >= 15 is 0 Å². The van der Waals surface area contributed by atoms with Crippen molar-refractivity contribution in [2.24, 2.45) is 0 Å². The van der Waals surface area contributed by atoms with Crippen LogP contribution >= 0.6 is 15.9 Å². The first-order valence-electron chi connectivity index (χ1n) is 7.34. The largest absolute Gasteiger partial charge is 0.297 e. The van der Waals surface area contributed by atoms with E-state index in [1.165, 1.54) is 4.31 Å². The number of carbonyl (C=O) groups is 1. The summed E-state index contributed by atoms with van der Waals surface area (Å²) in [7, 11) is -3.74. The Morgan fingerprint density at radius 1 is 1.27 bits per heavy atom. The lowest BCUT2D eigenvalue weighted by Crippen LogP contribution is -2.58. The smallest absolute Gasteiger partial charge is 0.264 e. The van der Waals surface area contributed by atoms with E-state index in [4.69, 9.17) is 0 Å². The van der Waals surface area contributed by atoms with Crippen LogP contribution in [0.25, 0.3) is 0 Å². The molecule has 118 valence electrons. The van der Waals surface area contributed by atoms with Gasteiger partial charge in [0.05, 0.1) is 4.90 Å². The number of nitrogens with zero attached hydrogens (tertiary/aromatic N) is 1. The van der Waals surface area contributed by atoms with E-state index in [2.05, 4.69) is 15.9 Å². The summed E-state index contributed by atoms with van der Waals surface area (Å²) < 4.78 is 27.4. The molecule has 0 aromatic heterocycles. The van der Waals surface area contributed by atoms with Gasteiger partial charge >= 0.3 is 0 Å². The summed E-state index contributed by atoms with van der Waals surface area (Å²) in [5.41, 5.74) is 0.0246. The summed E-state index contributed by atoms with van der Waals surface area (Å²) in [5.74, 6) is 0.00871. The average molecular weight is 384 g/mol. The molecule has 1 saturated carbocycles. The van der Waals surface area contributed by atoms with Gasteiger partial charge in [-0.15, -0.1) is 0 Å². The quantitative estimate of drug-likeness (QED) is 0.736. The maximum absolute atomic E-state index is 13.1. The highest BCUT2D eigenvalue weighted by molar-refractivity contribution is 9.09. The SMILES string of the molecule is Cc1ccc(S(=O)(=O)N2C=CC[C@H](Br)[C@@]23CCCC3=O)cc1. The summed E-state index contributed by atoms with van der Waals surface area (Å²) in [5, 5.41) is 0. The van der Waals surface area contributed by atoms with Crippen LogP contribution in [0.2, 0.25) is 0 Å². The van der Waals surface area contributed by atoms with Gasteiger partial charge in [-0.1, -0.05) is 39.7 Å². The van der Waals surface area contributed by atoms with Crippen molar-refractivity contribution in [3.63, 3.8) is 0 Å². The first-order valence-corrected chi connectivity index (χ1v) is 9.70. The summed E-state index contributed by atoms with van der Waals surface area (Å²) in [6.45, 7) is 1.91. The number of sulfonamides is 1.